The Hall–Kier alpha value is -6.80. The highest BCUT2D eigenvalue weighted by atomic mass is 32.1. The summed E-state index contributed by atoms with van der Waals surface area (Å²) in [6.45, 7) is 0. The van der Waals surface area contributed by atoms with Gasteiger partial charge in [-0.15, -0.1) is 11.3 Å². The van der Waals surface area contributed by atoms with Gasteiger partial charge in [-0.25, -0.2) is 4.79 Å². The lowest BCUT2D eigenvalue weighted by atomic mass is 9.99. The zero-order valence-electron chi connectivity index (χ0n) is 31.4. The van der Waals surface area contributed by atoms with Crippen LogP contribution in [-0.2, 0) is 54.5 Å². The Morgan fingerprint density at radius 1 is 0.586 bits per heavy atom. The topological polar surface area (TPSA) is 203 Å². The number of rotatable bonds is 8. The van der Waals surface area contributed by atoms with Gasteiger partial charge in [-0.1, -0.05) is 84.9 Å². The van der Waals surface area contributed by atoms with Crippen molar-refractivity contribution in [2.75, 3.05) is 5.32 Å². The molecule has 0 saturated heterocycles. The number of phenolic OH excluding ortho intramolecular Hbond substituents is 1. The van der Waals surface area contributed by atoms with Gasteiger partial charge in [-0.2, -0.15) is 0 Å². The van der Waals surface area contributed by atoms with E-state index in [9.17, 15) is 39.0 Å². The van der Waals surface area contributed by atoms with Crippen LogP contribution in [0.1, 0.15) is 34.4 Å². The van der Waals surface area contributed by atoms with E-state index in [1.165, 1.54) is 23.5 Å². The molecule has 0 spiro atoms. The second-order valence-corrected chi connectivity index (χ2v) is 15.0. The van der Waals surface area contributed by atoms with E-state index in [0.717, 1.165) is 16.0 Å². The Labute approximate surface area is 338 Å². The van der Waals surface area contributed by atoms with E-state index >= 15 is 0 Å². The lowest BCUT2D eigenvalue weighted by Crippen LogP contribution is -2.59. The number of carbonyl (C=O) groups excluding carboxylic acids is 5. The van der Waals surface area contributed by atoms with Gasteiger partial charge in [-0.3, -0.25) is 24.0 Å². The number of carbonyl (C=O) groups is 6. The van der Waals surface area contributed by atoms with Crippen LogP contribution in [0.4, 0.5) is 5.69 Å². The molecule has 3 heterocycles. The summed E-state index contributed by atoms with van der Waals surface area (Å²) in [4.78, 5) is 81.8. The van der Waals surface area contributed by atoms with E-state index in [0.29, 0.717) is 22.4 Å². The molecule has 5 amide bonds. The Bertz CT molecular complexity index is 2210. The average Bonchev–Trinajstić information content (AvgIpc) is 3.74. The third-order valence-electron chi connectivity index (χ3n) is 9.65. The number of thiophene rings is 1. The van der Waals surface area contributed by atoms with E-state index < -0.39 is 59.7 Å². The summed E-state index contributed by atoms with van der Waals surface area (Å²) in [6, 6.07) is 28.1. The molecule has 14 heteroatoms. The molecule has 7 N–H and O–H groups in total. The molecule has 2 aliphatic rings. The number of anilines is 1. The number of phenols is 1. The van der Waals surface area contributed by atoms with Crippen LogP contribution in [0.5, 0.6) is 5.75 Å². The zero-order chi connectivity index (χ0) is 41.0. The number of fused-ring (bicyclic) bond motifs is 18. The van der Waals surface area contributed by atoms with Crippen LogP contribution in [0.2, 0.25) is 0 Å². The number of carboxylic acid groups (broad SMARTS) is 1. The molecule has 4 atom stereocenters. The molecule has 0 saturated carbocycles. The number of aromatic hydroxyl groups is 1. The zero-order valence-corrected chi connectivity index (χ0v) is 32.2. The summed E-state index contributed by atoms with van der Waals surface area (Å²) >= 11 is 1.39. The number of hydrogen-bond acceptors (Lipinski definition) is 8. The van der Waals surface area contributed by atoms with Crippen molar-refractivity contribution in [3.05, 3.63) is 142 Å². The van der Waals surface area contributed by atoms with E-state index in [-0.39, 0.29) is 44.3 Å². The second kappa shape index (κ2) is 19.4. The summed E-state index contributed by atoms with van der Waals surface area (Å²) in [5, 5.41) is 35.5. The molecule has 4 aromatic carbocycles. The van der Waals surface area contributed by atoms with Crippen LogP contribution < -0.4 is 26.6 Å². The summed E-state index contributed by atoms with van der Waals surface area (Å²) in [5.41, 5.74) is 4.14. The molecule has 2 bridgehead atoms. The third kappa shape index (κ3) is 11.6. The molecule has 7 rings (SSSR count). The van der Waals surface area contributed by atoms with Gasteiger partial charge in [0.1, 0.15) is 29.9 Å². The first-order valence-electron chi connectivity index (χ1n) is 18.8. The van der Waals surface area contributed by atoms with Crippen molar-refractivity contribution >= 4 is 52.5 Å². The van der Waals surface area contributed by atoms with Gasteiger partial charge in [0.05, 0.1) is 0 Å². The van der Waals surface area contributed by atoms with Gasteiger partial charge < -0.3 is 36.8 Å². The van der Waals surface area contributed by atoms with Gasteiger partial charge in [0, 0.05) is 49.1 Å². The van der Waals surface area contributed by atoms with Crippen LogP contribution in [0, 0.1) is 0 Å². The molecule has 0 aliphatic carbocycles. The number of hydrogen-bond donors (Lipinski definition) is 7. The minimum Gasteiger partial charge on any atom is -0.508 e. The number of nitrogens with one attached hydrogen (secondary N) is 5. The lowest BCUT2D eigenvalue weighted by Gasteiger charge is -2.26. The van der Waals surface area contributed by atoms with Gasteiger partial charge in [-0.05, 0) is 63.5 Å². The Morgan fingerprint density at radius 2 is 1.14 bits per heavy atom. The van der Waals surface area contributed by atoms with Crippen LogP contribution in [0.25, 0.3) is 11.1 Å². The number of benzene rings is 4. The van der Waals surface area contributed by atoms with Gasteiger partial charge in [0.25, 0.3) is 0 Å². The number of aliphatic carboxylic acids is 1. The van der Waals surface area contributed by atoms with E-state index in [4.69, 9.17) is 0 Å². The fourth-order valence-electron chi connectivity index (χ4n) is 6.52. The average molecular weight is 802 g/mol. The van der Waals surface area contributed by atoms with Gasteiger partial charge in [0.2, 0.25) is 29.5 Å². The van der Waals surface area contributed by atoms with Crippen LogP contribution in [0.15, 0.2) is 121 Å². The molecule has 13 nitrogen and oxygen atoms in total. The minimum atomic E-state index is -1.39. The lowest BCUT2D eigenvalue weighted by molar-refractivity contribution is -0.142. The third-order valence-corrected chi connectivity index (χ3v) is 10.6. The fourth-order valence-corrected chi connectivity index (χ4v) is 7.27. The van der Waals surface area contributed by atoms with Crippen molar-refractivity contribution < 1.29 is 39.0 Å². The maximum atomic E-state index is 14.4. The Balaban J connectivity index is 1.35. The first kappa shape index (κ1) is 40.9. The van der Waals surface area contributed by atoms with E-state index in [2.05, 4.69) is 26.6 Å². The molecular weight excluding hydrogens is 759 g/mol. The van der Waals surface area contributed by atoms with Crippen molar-refractivity contribution in [1.29, 1.82) is 0 Å². The highest BCUT2D eigenvalue weighted by Crippen LogP contribution is 2.21. The standard InChI is InChI=1S/C44H43N5O8S/c50-33-18-12-29(13-19-33)24-36-42(54)49-38(44(56)57)25-28-10-16-32(17-11-28)45-39(51)20-21-40(52)46-37(26-34-7-4-22-58-34)43(55)48-35(41(53)47-36)23-27-8-14-31(15-9-27)30-5-2-1-3-6-30/h1-19,22,35-38,50H,20-21,23-26H2,(H,45,51)(H,46,52)(H,47,53)(H,48,55)(H,49,54)(H,56,57)/t35-,36+,37+,38-/m0/s1. The fraction of sp³-hybridized carbons (Fsp3) is 0.227. The largest absolute Gasteiger partial charge is 0.508 e. The van der Waals surface area contributed by atoms with Gasteiger partial charge in [0.15, 0.2) is 0 Å². The highest BCUT2D eigenvalue weighted by Gasteiger charge is 2.32. The smallest absolute Gasteiger partial charge is 0.326 e. The Kier molecular flexibility index (Phi) is 13.6. The molecule has 0 radical (unpaired) electrons. The first-order valence-corrected chi connectivity index (χ1v) is 19.6. The maximum absolute atomic E-state index is 14.4. The van der Waals surface area contributed by atoms with Crippen LogP contribution in [0.3, 0.4) is 0 Å². The van der Waals surface area contributed by atoms with Gasteiger partial charge >= 0.3 is 5.97 Å². The minimum absolute atomic E-state index is 0.00634. The molecule has 58 heavy (non-hydrogen) atoms. The quantitative estimate of drug-likeness (QED) is 0.113. The maximum Gasteiger partial charge on any atom is 0.326 e. The normalized spacial score (nSPS) is 19.8. The van der Waals surface area contributed by atoms with Crippen molar-refractivity contribution in [1.82, 2.24) is 21.3 Å². The second-order valence-electron chi connectivity index (χ2n) is 14.0. The summed E-state index contributed by atoms with van der Waals surface area (Å²) in [5.74, 6) is -4.49. The number of amides is 5. The first-order chi connectivity index (χ1) is 28.0. The van der Waals surface area contributed by atoms with E-state index in [1.807, 2.05) is 72.1 Å². The molecular formula is C44H43N5O8S. The highest BCUT2D eigenvalue weighted by molar-refractivity contribution is 7.09. The summed E-state index contributed by atoms with van der Waals surface area (Å²) in [7, 11) is 0. The molecule has 298 valence electrons. The molecule has 1 aromatic heterocycles. The van der Waals surface area contributed by atoms with Crippen molar-refractivity contribution in [2.24, 2.45) is 0 Å². The Morgan fingerprint density at radius 3 is 1.72 bits per heavy atom. The van der Waals surface area contributed by atoms with Crippen molar-refractivity contribution in [2.45, 2.75) is 62.7 Å². The number of carboxylic acids is 1. The van der Waals surface area contributed by atoms with E-state index in [1.54, 1.807) is 36.4 Å². The molecule has 5 aromatic rings. The summed E-state index contributed by atoms with van der Waals surface area (Å²) in [6.07, 6.45) is -0.492. The molecule has 2 aliphatic heterocycles. The van der Waals surface area contributed by atoms with Crippen molar-refractivity contribution in [3.8, 4) is 16.9 Å². The van der Waals surface area contributed by atoms with Crippen LogP contribution >= 0.6 is 11.3 Å². The predicted molar refractivity (Wildman–Crippen MR) is 219 cm³/mol. The summed E-state index contributed by atoms with van der Waals surface area (Å²) < 4.78 is 0. The SMILES string of the molecule is O=C1CCC(=O)N[C@H](Cc2cccs2)C(=O)N[C@@H](Cc2ccc(-c3ccccc3)cc2)C(=O)N[C@H](Cc2ccc(O)cc2)C(=O)N[C@H](C(=O)O)Cc2ccc(cc2)N1. The molecule has 0 unspecified atom stereocenters. The predicted octanol–water partition coefficient (Wildman–Crippen LogP) is 4.15. The van der Waals surface area contributed by atoms with Crippen LogP contribution in [-0.4, -0.2) is 69.9 Å². The monoisotopic (exact) mass is 801 g/mol. The van der Waals surface area contributed by atoms with Crippen molar-refractivity contribution in [3.63, 3.8) is 0 Å². The molecule has 0 fully saturated rings.